The van der Waals surface area contributed by atoms with Gasteiger partial charge in [0.05, 0.1) is 32.5 Å². The van der Waals surface area contributed by atoms with E-state index in [1.165, 1.54) is 31.7 Å². The molecule has 0 aromatic heterocycles. The highest BCUT2D eigenvalue weighted by molar-refractivity contribution is 5.46. The number of nitrogens with zero attached hydrogens (tertiary/aromatic N) is 4. The lowest BCUT2D eigenvalue weighted by molar-refractivity contribution is -0.851. The number of hydrogen-bond donors (Lipinski definition) is 0. The van der Waals surface area contributed by atoms with Gasteiger partial charge in [-0.05, 0) is 13.0 Å². The zero-order chi connectivity index (χ0) is 10.2. The van der Waals surface area contributed by atoms with Crippen LogP contribution in [0.3, 0.4) is 0 Å². The van der Waals surface area contributed by atoms with E-state index in [0.717, 1.165) is 4.48 Å². The molecule has 0 aromatic carbocycles. The number of quaternary nitrogens is 1. The number of hydrogen-bond acceptors (Lipinski definition) is 2. The van der Waals surface area contributed by atoms with E-state index < -0.39 is 0 Å². The van der Waals surface area contributed by atoms with Crippen molar-refractivity contribution in [1.29, 1.82) is 5.26 Å². The first kappa shape index (κ1) is 11.6. The molecule has 0 saturated carbocycles. The molecule has 0 N–H and O–H groups in total. The van der Waals surface area contributed by atoms with E-state index in [1.807, 2.05) is 0 Å². The van der Waals surface area contributed by atoms with Crippen molar-refractivity contribution in [2.75, 3.05) is 20.1 Å². The number of rotatable bonds is 1. The summed E-state index contributed by atoms with van der Waals surface area (Å²) in [6, 6.07) is 1.28. The summed E-state index contributed by atoms with van der Waals surface area (Å²) < 4.78 is 1.14. The summed E-state index contributed by atoms with van der Waals surface area (Å²) >= 11 is 0. The molecule has 13 heavy (non-hydrogen) atoms. The zero-order valence-corrected chi connectivity index (χ0v) is 8.06. The number of nitriles is 1. The highest BCUT2D eigenvalue weighted by Crippen LogP contribution is 2.11. The molecule has 0 fully saturated rings. The van der Waals surface area contributed by atoms with Crippen molar-refractivity contribution >= 4 is 6.01 Å². The lowest BCUT2D eigenvalue weighted by Crippen LogP contribution is -2.35. The van der Waals surface area contributed by atoms with Gasteiger partial charge in [0, 0.05) is 6.42 Å². The fourth-order valence-corrected chi connectivity index (χ4v) is 1.06. The van der Waals surface area contributed by atoms with Crippen LogP contribution in [0.2, 0.25) is 0 Å². The molecule has 0 aromatic rings. The third kappa shape index (κ3) is 4.91. The third-order valence-electron chi connectivity index (χ3n) is 2.09. The van der Waals surface area contributed by atoms with Crippen LogP contribution < -0.4 is 0 Å². The highest BCUT2D eigenvalue weighted by Gasteiger charge is 2.18. The number of aliphatic imine (C=N–C) groups is 1. The van der Waals surface area contributed by atoms with E-state index in [-0.39, 0.29) is 0 Å². The Morgan fingerprint density at radius 1 is 1.69 bits per heavy atom. The van der Waals surface area contributed by atoms with Crippen LogP contribution in [-0.4, -0.2) is 30.6 Å². The summed E-state index contributed by atoms with van der Waals surface area (Å²) in [7, 11) is 2.27. The first-order valence-electron chi connectivity index (χ1n) is 4.18. The third-order valence-corrected chi connectivity index (χ3v) is 2.09. The average Bonchev–Trinajstić information content (AvgIpc) is 2.56. The van der Waals surface area contributed by atoms with Gasteiger partial charge >= 0.3 is 0 Å². The molecule has 1 aliphatic heterocycles. The van der Waals surface area contributed by atoms with Crippen LogP contribution in [0.5, 0.6) is 0 Å². The summed E-state index contributed by atoms with van der Waals surface area (Å²) in [6.07, 6.45) is 7.11. The Morgan fingerprint density at radius 3 is 2.54 bits per heavy atom. The molecule has 0 radical (unpaired) electrons. The molecule has 4 heteroatoms. The van der Waals surface area contributed by atoms with E-state index in [0.29, 0.717) is 0 Å². The van der Waals surface area contributed by atoms with Crippen molar-refractivity contribution in [2.24, 2.45) is 4.99 Å². The smallest absolute Gasteiger partial charge is 0.0925 e. The SMILES string of the molecule is CC[N+]1(C)C=CCC1.N#CN=C=[N-]. The maximum atomic E-state index is 7.43. The first-order chi connectivity index (χ1) is 6.18. The van der Waals surface area contributed by atoms with E-state index in [9.17, 15) is 0 Å². The van der Waals surface area contributed by atoms with Crippen molar-refractivity contribution in [2.45, 2.75) is 13.3 Å². The van der Waals surface area contributed by atoms with Crippen LogP contribution in [0.15, 0.2) is 17.3 Å². The van der Waals surface area contributed by atoms with Crippen LogP contribution in [0, 0.1) is 11.5 Å². The van der Waals surface area contributed by atoms with Crippen LogP contribution in [0.4, 0.5) is 0 Å². The predicted molar refractivity (Wildman–Crippen MR) is 51.8 cm³/mol. The van der Waals surface area contributed by atoms with Gasteiger partial charge in [-0.15, -0.1) is 6.01 Å². The standard InChI is InChI=1S/C7H14N.C2N3/c1-3-8(2)6-4-5-7-8;3-1-5-2-4/h4,6H,3,5,7H2,1-2H3;/q+1;-1. The van der Waals surface area contributed by atoms with Crippen LogP contribution in [0.25, 0.3) is 5.41 Å². The second-order valence-corrected chi connectivity index (χ2v) is 3.00. The van der Waals surface area contributed by atoms with Crippen LogP contribution in [-0.2, 0) is 0 Å². The molecule has 0 saturated heterocycles. The van der Waals surface area contributed by atoms with Gasteiger partial charge in [-0.1, -0.05) is 0 Å². The second kappa shape index (κ2) is 6.13. The van der Waals surface area contributed by atoms with Crippen molar-refractivity contribution in [3.8, 4) is 6.19 Å². The maximum absolute atomic E-state index is 7.43. The van der Waals surface area contributed by atoms with Crippen molar-refractivity contribution < 1.29 is 4.48 Å². The van der Waals surface area contributed by atoms with Gasteiger partial charge < -0.3 is 10.4 Å². The van der Waals surface area contributed by atoms with Crippen molar-refractivity contribution in [3.63, 3.8) is 0 Å². The van der Waals surface area contributed by atoms with Crippen molar-refractivity contribution in [1.82, 2.24) is 0 Å². The lowest BCUT2D eigenvalue weighted by atomic mass is 10.4. The Balaban J connectivity index is 0.000000252. The van der Waals surface area contributed by atoms with E-state index in [2.05, 4.69) is 31.2 Å². The van der Waals surface area contributed by atoms with Gasteiger partial charge in [-0.3, -0.25) is 4.48 Å². The molecule has 4 nitrogen and oxygen atoms in total. The van der Waals surface area contributed by atoms with Gasteiger partial charge in [0.2, 0.25) is 0 Å². The minimum Gasteiger partial charge on any atom is -0.422 e. The monoisotopic (exact) mass is 178 g/mol. The lowest BCUT2D eigenvalue weighted by Gasteiger charge is -2.23. The molecule has 1 aliphatic rings. The van der Waals surface area contributed by atoms with E-state index in [4.69, 9.17) is 10.7 Å². The normalized spacial score (nSPS) is 23.8. The Hall–Kier alpha value is -1.43. The van der Waals surface area contributed by atoms with E-state index in [1.54, 1.807) is 0 Å². The van der Waals surface area contributed by atoms with Gasteiger partial charge in [0.15, 0.2) is 0 Å². The molecule has 0 amide bonds. The van der Waals surface area contributed by atoms with Crippen LogP contribution in [0.1, 0.15) is 13.3 Å². The molecule has 0 spiro atoms. The highest BCUT2D eigenvalue weighted by atomic mass is 15.3. The fourth-order valence-electron chi connectivity index (χ4n) is 1.06. The van der Waals surface area contributed by atoms with Gasteiger partial charge in [0.1, 0.15) is 0 Å². The topological polar surface area (TPSA) is 58.5 Å². The van der Waals surface area contributed by atoms with Gasteiger partial charge in [0.25, 0.3) is 0 Å². The molecular formula is C9H14N4. The van der Waals surface area contributed by atoms with Gasteiger partial charge in [-0.25, -0.2) is 0 Å². The van der Waals surface area contributed by atoms with Gasteiger partial charge in [-0.2, -0.15) is 5.26 Å². The molecule has 70 valence electrons. The summed E-state index contributed by atoms with van der Waals surface area (Å²) in [6.45, 7) is 4.77. The van der Waals surface area contributed by atoms with Crippen LogP contribution >= 0.6 is 0 Å². The first-order valence-corrected chi connectivity index (χ1v) is 4.18. The largest absolute Gasteiger partial charge is 0.422 e. The summed E-state index contributed by atoms with van der Waals surface area (Å²) in [5, 5.41) is 14.9. The fraction of sp³-hybridized carbons (Fsp3) is 0.556. The predicted octanol–water partition coefficient (Wildman–Crippen LogP) is 1.58. The molecule has 1 atom stereocenters. The molecule has 1 rings (SSSR count). The maximum Gasteiger partial charge on any atom is 0.0925 e. The molecule has 0 bridgehead atoms. The molecule has 1 unspecified atom stereocenters. The molecule has 0 aliphatic carbocycles. The molecule has 1 heterocycles. The van der Waals surface area contributed by atoms with E-state index >= 15 is 0 Å². The minimum absolute atomic E-state index is 1.14. The average molecular weight is 178 g/mol. The second-order valence-electron chi connectivity index (χ2n) is 3.00. The zero-order valence-electron chi connectivity index (χ0n) is 8.06. The Kier molecular flexibility index (Phi) is 5.45. The summed E-state index contributed by atoms with van der Waals surface area (Å²) in [5.41, 5.74) is 0. The quantitative estimate of drug-likeness (QED) is 0.341. The van der Waals surface area contributed by atoms with Crippen molar-refractivity contribution in [3.05, 3.63) is 17.7 Å². The Morgan fingerprint density at radius 2 is 2.38 bits per heavy atom. The Bertz CT molecular complexity index is 257. The summed E-state index contributed by atoms with van der Waals surface area (Å²) in [5.74, 6) is 0. The summed E-state index contributed by atoms with van der Waals surface area (Å²) in [4.78, 5) is 2.58. The molecular weight excluding hydrogens is 164 g/mol. The Labute approximate surface area is 78.9 Å². The minimum atomic E-state index is 1.14.